The number of rotatable bonds is 10. The summed E-state index contributed by atoms with van der Waals surface area (Å²) in [6.07, 6.45) is 5.25. The lowest BCUT2D eigenvalue weighted by Gasteiger charge is -2.22. The van der Waals surface area contributed by atoms with E-state index in [1.54, 1.807) is 18.2 Å². The Labute approximate surface area is 206 Å². The molecule has 0 spiro atoms. The summed E-state index contributed by atoms with van der Waals surface area (Å²) in [5.41, 5.74) is 0.990. The molecule has 2 aliphatic rings. The summed E-state index contributed by atoms with van der Waals surface area (Å²) >= 11 is 0. The average Bonchev–Trinajstić information content (AvgIpc) is 3.58. The van der Waals surface area contributed by atoms with Crippen molar-refractivity contribution >= 4 is 17.8 Å². The van der Waals surface area contributed by atoms with Crippen molar-refractivity contribution in [2.75, 3.05) is 19.9 Å². The van der Waals surface area contributed by atoms with Crippen LogP contribution < -0.4 is 14.8 Å². The van der Waals surface area contributed by atoms with Gasteiger partial charge in [0.05, 0.1) is 12.2 Å². The Balaban J connectivity index is 1.41. The highest BCUT2D eigenvalue weighted by molar-refractivity contribution is 5.90. The average molecular weight is 504 g/mol. The normalized spacial score (nSPS) is 19.2. The Kier molecular flexibility index (Phi) is 7.97. The van der Waals surface area contributed by atoms with Crippen LogP contribution in [0.2, 0.25) is 0 Å². The highest BCUT2D eigenvalue weighted by atomic mass is 19.3. The molecule has 1 unspecified atom stereocenters. The molecule has 192 valence electrons. The third-order valence-corrected chi connectivity index (χ3v) is 6.18. The predicted octanol–water partition coefficient (Wildman–Crippen LogP) is 3.11. The number of aromatic nitrogens is 1. The topological polar surface area (TPSA) is 107 Å². The summed E-state index contributed by atoms with van der Waals surface area (Å²) in [7, 11) is 0. The molecule has 2 amide bonds. The van der Waals surface area contributed by atoms with E-state index in [0.717, 1.165) is 18.4 Å². The van der Waals surface area contributed by atoms with Crippen LogP contribution in [0.25, 0.3) is 0 Å². The number of nitrogens with one attached hydrogen (secondary N) is 1. The summed E-state index contributed by atoms with van der Waals surface area (Å²) in [6, 6.07) is 7.05. The first-order chi connectivity index (χ1) is 17.3. The van der Waals surface area contributed by atoms with Gasteiger partial charge in [-0.2, -0.15) is 8.78 Å². The lowest BCUT2D eigenvalue weighted by atomic mass is 9.95. The first-order valence-electron chi connectivity index (χ1n) is 11.7. The second-order valence-electron chi connectivity index (χ2n) is 8.82. The van der Waals surface area contributed by atoms with Crippen LogP contribution in [0.4, 0.5) is 8.78 Å². The lowest BCUT2D eigenvalue weighted by Crippen LogP contribution is -2.45. The fourth-order valence-corrected chi connectivity index (χ4v) is 4.11. The van der Waals surface area contributed by atoms with Gasteiger partial charge in [0.25, 0.3) is 0 Å². The molecular formula is C25H27F2N3O6. The Morgan fingerprint density at radius 2 is 2.00 bits per heavy atom. The molecule has 1 aromatic carbocycles. The molecule has 0 bridgehead atoms. The van der Waals surface area contributed by atoms with Crippen LogP contribution in [-0.4, -0.2) is 60.2 Å². The molecular weight excluding hydrogens is 476 g/mol. The zero-order valence-electron chi connectivity index (χ0n) is 19.7. The predicted molar refractivity (Wildman–Crippen MR) is 122 cm³/mol. The number of carbonyl (C=O) groups excluding carboxylic acids is 3. The van der Waals surface area contributed by atoms with Crippen LogP contribution in [-0.2, 0) is 14.3 Å². The number of benzene rings is 1. The minimum Gasteiger partial charge on any atom is -0.489 e. The van der Waals surface area contributed by atoms with Gasteiger partial charge < -0.3 is 24.4 Å². The number of halogens is 2. The number of hydrogen-bond acceptors (Lipinski definition) is 7. The van der Waals surface area contributed by atoms with Gasteiger partial charge in [0.1, 0.15) is 6.04 Å². The molecule has 1 aliphatic carbocycles. The third-order valence-electron chi connectivity index (χ3n) is 6.18. The van der Waals surface area contributed by atoms with Gasteiger partial charge in [0, 0.05) is 31.8 Å². The maximum atomic E-state index is 12.8. The summed E-state index contributed by atoms with van der Waals surface area (Å²) in [5.74, 6) is -1.05. The minimum atomic E-state index is -2.99. The fourth-order valence-electron chi connectivity index (χ4n) is 4.11. The van der Waals surface area contributed by atoms with Gasteiger partial charge in [0.2, 0.25) is 11.8 Å². The molecule has 2 fully saturated rings. The van der Waals surface area contributed by atoms with E-state index in [2.05, 4.69) is 15.0 Å². The molecule has 1 saturated carbocycles. The van der Waals surface area contributed by atoms with Gasteiger partial charge in [-0.1, -0.05) is 6.07 Å². The van der Waals surface area contributed by atoms with Crippen molar-refractivity contribution in [2.24, 2.45) is 5.92 Å². The SMILES string of the molecule is CC(=O)N1CC(c2ccc(OC(F)F)c(OCC3CC3)c2)C[C@@H]1C(=O)NCOC(=O)c1cccnc1. The maximum absolute atomic E-state index is 12.8. The molecule has 1 N–H and O–H groups in total. The van der Waals surface area contributed by atoms with E-state index in [1.165, 1.54) is 36.4 Å². The summed E-state index contributed by atoms with van der Waals surface area (Å²) in [5, 5.41) is 2.54. The van der Waals surface area contributed by atoms with Gasteiger partial charge in [-0.3, -0.25) is 14.6 Å². The van der Waals surface area contributed by atoms with Crippen LogP contribution in [0.3, 0.4) is 0 Å². The van der Waals surface area contributed by atoms with Crippen LogP contribution >= 0.6 is 0 Å². The quantitative estimate of drug-likeness (QED) is 0.392. The Morgan fingerprint density at radius 1 is 1.19 bits per heavy atom. The molecule has 11 heteroatoms. The van der Waals surface area contributed by atoms with E-state index in [9.17, 15) is 23.2 Å². The molecule has 1 aliphatic heterocycles. The van der Waals surface area contributed by atoms with E-state index in [1.807, 2.05) is 0 Å². The first kappa shape index (κ1) is 25.3. The first-order valence-corrected chi connectivity index (χ1v) is 11.7. The second-order valence-corrected chi connectivity index (χ2v) is 8.82. The van der Waals surface area contributed by atoms with Crippen molar-refractivity contribution < 1.29 is 37.4 Å². The van der Waals surface area contributed by atoms with Crippen molar-refractivity contribution in [3.8, 4) is 11.5 Å². The van der Waals surface area contributed by atoms with Crippen molar-refractivity contribution in [2.45, 2.75) is 44.8 Å². The Hall–Kier alpha value is -3.76. The van der Waals surface area contributed by atoms with Crippen molar-refractivity contribution in [1.29, 1.82) is 0 Å². The molecule has 0 radical (unpaired) electrons. The van der Waals surface area contributed by atoms with Crippen molar-refractivity contribution in [3.63, 3.8) is 0 Å². The van der Waals surface area contributed by atoms with Crippen LogP contribution in [0.15, 0.2) is 42.7 Å². The number of nitrogens with zero attached hydrogens (tertiary/aromatic N) is 2. The number of carbonyl (C=O) groups is 3. The molecule has 2 atom stereocenters. The number of pyridine rings is 1. The van der Waals surface area contributed by atoms with E-state index in [0.29, 0.717) is 18.9 Å². The van der Waals surface area contributed by atoms with Crippen LogP contribution in [0.5, 0.6) is 11.5 Å². The molecule has 2 aromatic rings. The largest absolute Gasteiger partial charge is 0.489 e. The van der Waals surface area contributed by atoms with Gasteiger partial charge in [-0.05, 0) is 55.0 Å². The number of ether oxygens (including phenoxy) is 3. The lowest BCUT2D eigenvalue weighted by molar-refractivity contribution is -0.137. The minimum absolute atomic E-state index is 0.0550. The molecule has 1 saturated heterocycles. The van der Waals surface area contributed by atoms with Crippen molar-refractivity contribution in [3.05, 3.63) is 53.9 Å². The van der Waals surface area contributed by atoms with Crippen LogP contribution in [0.1, 0.15) is 48.0 Å². The smallest absolute Gasteiger partial charge is 0.387 e. The summed E-state index contributed by atoms with van der Waals surface area (Å²) in [6.45, 7) is -1.30. The molecule has 1 aromatic heterocycles. The Morgan fingerprint density at radius 3 is 2.67 bits per heavy atom. The van der Waals surface area contributed by atoms with Gasteiger partial charge in [-0.15, -0.1) is 0 Å². The van der Waals surface area contributed by atoms with Crippen LogP contribution in [0, 0.1) is 5.92 Å². The van der Waals surface area contributed by atoms with Gasteiger partial charge in [0.15, 0.2) is 18.2 Å². The number of amides is 2. The monoisotopic (exact) mass is 503 g/mol. The highest BCUT2D eigenvalue weighted by Crippen LogP contribution is 2.38. The number of hydrogen-bond donors (Lipinski definition) is 1. The van der Waals surface area contributed by atoms with Gasteiger partial charge >= 0.3 is 12.6 Å². The number of likely N-dealkylation sites (tertiary alicyclic amines) is 1. The van der Waals surface area contributed by atoms with Gasteiger partial charge in [-0.25, -0.2) is 4.79 Å². The summed E-state index contributed by atoms with van der Waals surface area (Å²) in [4.78, 5) is 42.4. The number of esters is 1. The third kappa shape index (κ3) is 6.46. The second kappa shape index (κ2) is 11.3. The Bertz CT molecular complexity index is 1100. The zero-order chi connectivity index (χ0) is 25.7. The molecule has 36 heavy (non-hydrogen) atoms. The highest BCUT2D eigenvalue weighted by Gasteiger charge is 2.39. The number of alkyl halides is 2. The standard InChI is InChI=1S/C25H27F2N3O6/c1-15(31)30-12-19(9-20(30)23(32)29-14-35-24(33)18-3-2-8-28-11-18)17-6-7-21(36-25(26)27)22(10-17)34-13-16-4-5-16/h2-3,6-8,10-11,16,19-20,25H,4-5,9,12-14H2,1H3,(H,29,32)/t19?,20-/m1/s1. The fraction of sp³-hybridized carbons (Fsp3) is 0.440. The molecule has 2 heterocycles. The van der Waals surface area contributed by atoms with E-state index < -0.39 is 24.5 Å². The maximum Gasteiger partial charge on any atom is 0.387 e. The van der Waals surface area contributed by atoms with E-state index >= 15 is 0 Å². The molecule has 9 nitrogen and oxygen atoms in total. The molecule has 4 rings (SSSR count). The van der Waals surface area contributed by atoms with E-state index in [4.69, 9.17) is 9.47 Å². The van der Waals surface area contributed by atoms with Crippen molar-refractivity contribution in [1.82, 2.24) is 15.2 Å². The van der Waals surface area contributed by atoms with E-state index in [-0.39, 0.29) is 42.2 Å². The zero-order valence-corrected chi connectivity index (χ0v) is 19.7. The summed E-state index contributed by atoms with van der Waals surface area (Å²) < 4.78 is 41.1.